The molecule has 2 aromatic heterocycles. The van der Waals surface area contributed by atoms with Gasteiger partial charge in [0.2, 0.25) is 0 Å². The zero-order valence-corrected chi connectivity index (χ0v) is 8.31. The number of hydrogen-bond acceptors (Lipinski definition) is 3. The lowest BCUT2D eigenvalue weighted by molar-refractivity contribution is 0.112. The lowest BCUT2D eigenvalue weighted by Gasteiger charge is -1.90. The number of benzene rings is 1. The van der Waals surface area contributed by atoms with Gasteiger partial charge in [-0.3, -0.25) is 9.89 Å². The van der Waals surface area contributed by atoms with Gasteiger partial charge >= 0.3 is 0 Å². The van der Waals surface area contributed by atoms with Crippen molar-refractivity contribution in [2.24, 2.45) is 0 Å². The van der Waals surface area contributed by atoms with Gasteiger partial charge in [0.05, 0.1) is 11.8 Å². The number of nitrogens with one attached hydrogen (secondary N) is 1. The van der Waals surface area contributed by atoms with Crippen molar-refractivity contribution in [2.75, 3.05) is 0 Å². The van der Waals surface area contributed by atoms with E-state index in [0.717, 1.165) is 17.3 Å². The molecule has 16 heavy (non-hydrogen) atoms. The number of furan rings is 1. The number of hydrogen-bond donors (Lipinski definition) is 1. The van der Waals surface area contributed by atoms with Gasteiger partial charge < -0.3 is 4.42 Å². The molecule has 0 saturated heterocycles. The minimum Gasteiger partial charge on any atom is -0.454 e. The van der Waals surface area contributed by atoms with E-state index in [9.17, 15) is 4.79 Å². The molecule has 0 fully saturated rings. The summed E-state index contributed by atoms with van der Waals surface area (Å²) in [5.41, 5.74) is 1.91. The fraction of sp³-hybridized carbons (Fsp3) is 0. The smallest absolute Gasteiger partial charge is 0.153 e. The second-order valence-electron chi connectivity index (χ2n) is 3.47. The average Bonchev–Trinajstić information content (AvgIpc) is 2.94. The highest BCUT2D eigenvalue weighted by Crippen LogP contribution is 2.27. The van der Waals surface area contributed by atoms with Gasteiger partial charge in [0.25, 0.3) is 0 Å². The molecule has 78 valence electrons. The van der Waals surface area contributed by atoms with Crippen LogP contribution in [0.1, 0.15) is 10.4 Å². The van der Waals surface area contributed by atoms with E-state index >= 15 is 0 Å². The van der Waals surface area contributed by atoms with E-state index in [1.54, 1.807) is 0 Å². The van der Waals surface area contributed by atoms with Crippen molar-refractivity contribution in [1.29, 1.82) is 0 Å². The van der Waals surface area contributed by atoms with Crippen LogP contribution in [0.25, 0.3) is 22.4 Å². The Kier molecular flexibility index (Phi) is 1.86. The standard InChI is InChI=1S/C12H8N2O2/c15-7-9-6-13-14-12(9)11-5-8-3-1-2-4-10(8)16-11/h1-7H,(H,13,14). The predicted molar refractivity (Wildman–Crippen MR) is 59.2 cm³/mol. The summed E-state index contributed by atoms with van der Waals surface area (Å²) in [6.07, 6.45) is 2.24. The molecule has 0 unspecified atom stereocenters. The number of fused-ring (bicyclic) bond motifs is 1. The molecule has 1 aromatic carbocycles. The van der Waals surface area contributed by atoms with Crippen molar-refractivity contribution in [3.05, 3.63) is 42.1 Å². The lowest BCUT2D eigenvalue weighted by atomic mass is 10.2. The zero-order chi connectivity index (χ0) is 11.0. The highest BCUT2D eigenvalue weighted by Gasteiger charge is 2.11. The van der Waals surface area contributed by atoms with Crippen molar-refractivity contribution >= 4 is 17.3 Å². The number of H-pyrrole nitrogens is 1. The normalized spacial score (nSPS) is 10.8. The molecule has 0 aliphatic heterocycles. The minimum atomic E-state index is 0.499. The van der Waals surface area contributed by atoms with Crippen LogP contribution in [-0.2, 0) is 0 Å². The maximum Gasteiger partial charge on any atom is 0.153 e. The SMILES string of the molecule is O=Cc1cn[nH]c1-c1cc2ccccc2o1. The van der Waals surface area contributed by atoms with Gasteiger partial charge in [-0.1, -0.05) is 18.2 Å². The van der Waals surface area contributed by atoms with Crippen LogP contribution in [0.2, 0.25) is 0 Å². The van der Waals surface area contributed by atoms with Gasteiger partial charge in [-0.05, 0) is 12.1 Å². The molecule has 4 nitrogen and oxygen atoms in total. The van der Waals surface area contributed by atoms with Crippen molar-refractivity contribution in [3.63, 3.8) is 0 Å². The van der Waals surface area contributed by atoms with Crippen LogP contribution in [0, 0.1) is 0 Å². The molecule has 0 radical (unpaired) electrons. The molecule has 0 aliphatic carbocycles. The van der Waals surface area contributed by atoms with Gasteiger partial charge in [0.15, 0.2) is 12.0 Å². The summed E-state index contributed by atoms with van der Waals surface area (Å²) in [5.74, 6) is 0.626. The Hall–Kier alpha value is -2.36. The number of carbonyl (C=O) groups is 1. The Balaban J connectivity index is 2.22. The zero-order valence-electron chi connectivity index (χ0n) is 8.31. The molecule has 0 spiro atoms. The fourth-order valence-corrected chi connectivity index (χ4v) is 1.69. The van der Waals surface area contributed by atoms with Gasteiger partial charge in [0, 0.05) is 5.39 Å². The summed E-state index contributed by atoms with van der Waals surface area (Å²) in [6.45, 7) is 0. The van der Waals surface area contributed by atoms with Gasteiger partial charge in [-0.15, -0.1) is 0 Å². The molecular weight excluding hydrogens is 204 g/mol. The highest BCUT2D eigenvalue weighted by atomic mass is 16.3. The largest absolute Gasteiger partial charge is 0.454 e. The van der Waals surface area contributed by atoms with Crippen LogP contribution in [0.3, 0.4) is 0 Å². The molecule has 3 rings (SSSR count). The fourth-order valence-electron chi connectivity index (χ4n) is 1.69. The summed E-state index contributed by atoms with van der Waals surface area (Å²) < 4.78 is 5.62. The summed E-state index contributed by atoms with van der Waals surface area (Å²) in [4.78, 5) is 10.8. The number of nitrogens with zero attached hydrogens (tertiary/aromatic N) is 1. The quantitative estimate of drug-likeness (QED) is 0.664. The van der Waals surface area contributed by atoms with Crippen LogP contribution in [0.5, 0.6) is 0 Å². The lowest BCUT2D eigenvalue weighted by Crippen LogP contribution is -1.80. The molecule has 3 aromatic rings. The number of aromatic nitrogens is 2. The van der Waals surface area contributed by atoms with Gasteiger partial charge in [-0.25, -0.2) is 0 Å². The van der Waals surface area contributed by atoms with Crippen LogP contribution >= 0.6 is 0 Å². The van der Waals surface area contributed by atoms with E-state index < -0.39 is 0 Å². The third-order valence-corrected chi connectivity index (χ3v) is 2.47. The van der Waals surface area contributed by atoms with Crippen LogP contribution < -0.4 is 0 Å². The van der Waals surface area contributed by atoms with E-state index in [2.05, 4.69) is 10.2 Å². The van der Waals surface area contributed by atoms with Gasteiger partial charge in [-0.2, -0.15) is 5.10 Å². The third kappa shape index (κ3) is 1.24. The second kappa shape index (κ2) is 3.34. The molecule has 4 heteroatoms. The number of para-hydroxylation sites is 1. The van der Waals surface area contributed by atoms with E-state index in [1.165, 1.54) is 6.20 Å². The van der Waals surface area contributed by atoms with Crippen LogP contribution in [0.4, 0.5) is 0 Å². The summed E-state index contributed by atoms with van der Waals surface area (Å²) in [7, 11) is 0. The van der Waals surface area contributed by atoms with Crippen molar-refractivity contribution in [2.45, 2.75) is 0 Å². The molecule has 0 saturated carbocycles. The monoisotopic (exact) mass is 212 g/mol. The number of aromatic amines is 1. The molecule has 0 aliphatic rings. The average molecular weight is 212 g/mol. The Morgan fingerprint density at radius 1 is 1.31 bits per heavy atom. The van der Waals surface area contributed by atoms with E-state index in [4.69, 9.17) is 4.42 Å². The maximum atomic E-state index is 10.8. The molecule has 0 atom stereocenters. The first-order chi connectivity index (χ1) is 7.88. The summed E-state index contributed by atoms with van der Waals surface area (Å²) in [6, 6.07) is 9.57. The first kappa shape index (κ1) is 8.91. The first-order valence-electron chi connectivity index (χ1n) is 4.86. The molecule has 1 N–H and O–H groups in total. The van der Waals surface area contributed by atoms with E-state index in [-0.39, 0.29) is 0 Å². The number of carbonyl (C=O) groups excluding carboxylic acids is 1. The van der Waals surface area contributed by atoms with Crippen LogP contribution in [-0.4, -0.2) is 16.5 Å². The summed E-state index contributed by atoms with van der Waals surface area (Å²) in [5, 5.41) is 7.59. The Bertz CT molecular complexity index is 619. The molecule has 2 heterocycles. The third-order valence-electron chi connectivity index (χ3n) is 2.47. The van der Waals surface area contributed by atoms with Gasteiger partial charge in [0.1, 0.15) is 11.3 Å². The molecular formula is C12H8N2O2. The minimum absolute atomic E-state index is 0.499. The highest BCUT2D eigenvalue weighted by molar-refractivity contribution is 5.88. The molecule has 0 amide bonds. The van der Waals surface area contributed by atoms with Crippen LogP contribution in [0.15, 0.2) is 40.9 Å². The van der Waals surface area contributed by atoms with E-state index in [1.807, 2.05) is 30.3 Å². The summed E-state index contributed by atoms with van der Waals surface area (Å²) >= 11 is 0. The Morgan fingerprint density at radius 3 is 3.00 bits per heavy atom. The van der Waals surface area contributed by atoms with E-state index in [0.29, 0.717) is 17.0 Å². The number of aldehydes is 1. The topological polar surface area (TPSA) is 58.9 Å². The maximum absolute atomic E-state index is 10.8. The second-order valence-corrected chi connectivity index (χ2v) is 3.47. The molecule has 0 bridgehead atoms. The van der Waals surface area contributed by atoms with Crippen molar-refractivity contribution in [1.82, 2.24) is 10.2 Å². The Morgan fingerprint density at radius 2 is 2.19 bits per heavy atom. The van der Waals surface area contributed by atoms with Crippen molar-refractivity contribution < 1.29 is 9.21 Å². The first-order valence-corrected chi connectivity index (χ1v) is 4.86. The Labute approximate surface area is 90.9 Å². The predicted octanol–water partition coefficient (Wildman–Crippen LogP) is 2.64. The number of rotatable bonds is 2. The van der Waals surface area contributed by atoms with Crippen molar-refractivity contribution in [3.8, 4) is 11.5 Å².